The molecule has 1 unspecified atom stereocenters. The zero-order valence-electron chi connectivity index (χ0n) is 11.8. The Kier molecular flexibility index (Phi) is 3.09. The summed E-state index contributed by atoms with van der Waals surface area (Å²) in [4.78, 5) is 0. The van der Waals surface area contributed by atoms with Crippen LogP contribution in [0.5, 0.6) is 0 Å². The van der Waals surface area contributed by atoms with Crippen LogP contribution < -0.4 is 0 Å². The average Bonchev–Trinajstić information content (AvgIpc) is 2.55. The number of rotatable bonds is 2. The number of nitrogens with zero attached hydrogens (tertiary/aromatic N) is 2. The van der Waals surface area contributed by atoms with E-state index in [0.717, 1.165) is 28.7 Å². The summed E-state index contributed by atoms with van der Waals surface area (Å²) in [6.45, 7) is 2.05. The van der Waals surface area contributed by atoms with Gasteiger partial charge in [0, 0.05) is 0 Å². The fourth-order valence-corrected chi connectivity index (χ4v) is 3.00. The number of hydrogen-bond donors (Lipinski definition) is 0. The number of nitriles is 2. The molecule has 0 aliphatic heterocycles. The van der Waals surface area contributed by atoms with Gasteiger partial charge in [-0.25, -0.2) is 0 Å². The molecular formula is C19H14N2. The SMILES string of the molecule is CCC1(C#N)/C(=C/c2ccc(C#N)cc2)c2ccccc21. The van der Waals surface area contributed by atoms with Crippen LogP contribution >= 0.6 is 0 Å². The predicted octanol–water partition coefficient (Wildman–Crippen LogP) is 4.28. The lowest BCUT2D eigenvalue weighted by Crippen LogP contribution is -2.35. The minimum atomic E-state index is -0.496. The van der Waals surface area contributed by atoms with Gasteiger partial charge in [0.2, 0.25) is 0 Å². The summed E-state index contributed by atoms with van der Waals surface area (Å²) < 4.78 is 0. The van der Waals surface area contributed by atoms with Crippen molar-refractivity contribution in [1.29, 1.82) is 10.5 Å². The molecule has 1 atom stereocenters. The van der Waals surface area contributed by atoms with E-state index in [1.54, 1.807) is 12.1 Å². The van der Waals surface area contributed by atoms with Gasteiger partial charge in [-0.05, 0) is 46.9 Å². The summed E-state index contributed by atoms with van der Waals surface area (Å²) in [6.07, 6.45) is 2.83. The maximum absolute atomic E-state index is 9.68. The Hall–Kier alpha value is -2.84. The smallest absolute Gasteiger partial charge is 0.108 e. The Morgan fingerprint density at radius 3 is 2.38 bits per heavy atom. The van der Waals surface area contributed by atoms with Gasteiger partial charge in [-0.15, -0.1) is 0 Å². The van der Waals surface area contributed by atoms with Crippen molar-refractivity contribution in [3.8, 4) is 12.1 Å². The van der Waals surface area contributed by atoms with Crippen molar-refractivity contribution in [3.05, 3.63) is 70.8 Å². The highest BCUT2D eigenvalue weighted by molar-refractivity contribution is 5.99. The molecule has 0 N–H and O–H groups in total. The van der Waals surface area contributed by atoms with Gasteiger partial charge in [0.1, 0.15) is 5.41 Å². The Morgan fingerprint density at radius 1 is 1.05 bits per heavy atom. The van der Waals surface area contributed by atoms with Crippen molar-refractivity contribution in [3.63, 3.8) is 0 Å². The van der Waals surface area contributed by atoms with Crippen LogP contribution in [0.25, 0.3) is 11.6 Å². The maximum Gasteiger partial charge on any atom is 0.108 e. The van der Waals surface area contributed by atoms with Gasteiger partial charge in [-0.3, -0.25) is 0 Å². The third kappa shape index (κ3) is 1.85. The van der Waals surface area contributed by atoms with E-state index in [2.05, 4.69) is 24.3 Å². The van der Waals surface area contributed by atoms with Gasteiger partial charge in [0.05, 0.1) is 17.7 Å². The van der Waals surface area contributed by atoms with E-state index in [-0.39, 0.29) is 0 Å². The first kappa shape index (κ1) is 13.2. The van der Waals surface area contributed by atoms with Crippen LogP contribution in [0, 0.1) is 22.7 Å². The quantitative estimate of drug-likeness (QED) is 0.817. The lowest BCUT2D eigenvalue weighted by Gasteiger charge is -2.41. The van der Waals surface area contributed by atoms with Crippen LogP contribution in [-0.2, 0) is 5.41 Å². The van der Waals surface area contributed by atoms with Crippen LogP contribution in [0.1, 0.15) is 35.6 Å². The second kappa shape index (κ2) is 4.93. The third-order valence-electron chi connectivity index (χ3n) is 4.21. The molecule has 1 aliphatic carbocycles. The highest BCUT2D eigenvalue weighted by atomic mass is 14.5. The number of allylic oxidation sites excluding steroid dienone is 1. The second-order valence-corrected chi connectivity index (χ2v) is 5.21. The van der Waals surface area contributed by atoms with Gasteiger partial charge in [0.25, 0.3) is 0 Å². The topological polar surface area (TPSA) is 47.6 Å². The summed E-state index contributed by atoms with van der Waals surface area (Å²) in [5, 5.41) is 18.5. The predicted molar refractivity (Wildman–Crippen MR) is 83.1 cm³/mol. The fraction of sp³-hybridized carbons (Fsp3) is 0.158. The van der Waals surface area contributed by atoms with Crippen LogP contribution in [0.4, 0.5) is 0 Å². The first-order chi connectivity index (χ1) is 10.2. The molecular weight excluding hydrogens is 256 g/mol. The van der Waals surface area contributed by atoms with Gasteiger partial charge >= 0.3 is 0 Å². The molecule has 0 spiro atoms. The van der Waals surface area contributed by atoms with Crippen LogP contribution in [0.3, 0.4) is 0 Å². The normalized spacial score (nSPS) is 21.0. The molecule has 3 rings (SSSR count). The molecule has 2 aromatic rings. The van der Waals surface area contributed by atoms with Gasteiger partial charge in [0.15, 0.2) is 0 Å². The molecule has 0 saturated carbocycles. The summed E-state index contributed by atoms with van der Waals surface area (Å²) in [5.41, 5.74) is 4.53. The van der Waals surface area contributed by atoms with Crippen LogP contribution in [0.15, 0.2) is 48.5 Å². The summed E-state index contributed by atoms with van der Waals surface area (Å²) in [7, 11) is 0. The summed E-state index contributed by atoms with van der Waals surface area (Å²) in [6, 6.07) is 20.1. The first-order valence-electron chi connectivity index (χ1n) is 6.98. The fourth-order valence-electron chi connectivity index (χ4n) is 3.00. The van der Waals surface area contributed by atoms with E-state index < -0.39 is 5.41 Å². The van der Waals surface area contributed by atoms with E-state index in [0.29, 0.717) is 5.56 Å². The molecule has 21 heavy (non-hydrogen) atoms. The molecule has 2 aromatic carbocycles. The molecule has 1 aliphatic rings. The van der Waals surface area contributed by atoms with E-state index in [1.807, 2.05) is 37.3 Å². The lowest BCUT2D eigenvalue weighted by atomic mass is 9.59. The summed E-state index contributed by atoms with van der Waals surface area (Å²) in [5.74, 6) is 0. The largest absolute Gasteiger partial charge is 0.197 e. The highest BCUT2D eigenvalue weighted by Gasteiger charge is 2.46. The van der Waals surface area contributed by atoms with E-state index >= 15 is 0 Å². The molecule has 0 heterocycles. The molecule has 0 amide bonds. The van der Waals surface area contributed by atoms with Gasteiger partial charge in [-0.1, -0.05) is 43.3 Å². The van der Waals surface area contributed by atoms with Crippen molar-refractivity contribution >= 4 is 11.6 Å². The van der Waals surface area contributed by atoms with E-state index in [9.17, 15) is 5.26 Å². The van der Waals surface area contributed by atoms with Crippen molar-refractivity contribution in [2.45, 2.75) is 18.8 Å². The van der Waals surface area contributed by atoms with Crippen molar-refractivity contribution in [1.82, 2.24) is 0 Å². The third-order valence-corrected chi connectivity index (χ3v) is 4.21. The Labute approximate surface area is 124 Å². The highest BCUT2D eigenvalue weighted by Crippen LogP contribution is 2.53. The molecule has 100 valence electrons. The summed E-state index contributed by atoms with van der Waals surface area (Å²) >= 11 is 0. The van der Waals surface area contributed by atoms with Crippen molar-refractivity contribution < 1.29 is 0 Å². The first-order valence-corrected chi connectivity index (χ1v) is 6.98. The Balaban J connectivity index is 2.11. The monoisotopic (exact) mass is 270 g/mol. The minimum absolute atomic E-state index is 0.496. The van der Waals surface area contributed by atoms with Crippen LogP contribution in [-0.4, -0.2) is 0 Å². The number of fused-ring (bicyclic) bond motifs is 1. The zero-order chi connectivity index (χ0) is 14.9. The van der Waals surface area contributed by atoms with Crippen molar-refractivity contribution in [2.24, 2.45) is 0 Å². The van der Waals surface area contributed by atoms with Gasteiger partial charge in [-0.2, -0.15) is 10.5 Å². The average molecular weight is 270 g/mol. The zero-order valence-corrected chi connectivity index (χ0v) is 11.8. The Bertz CT molecular complexity index is 801. The van der Waals surface area contributed by atoms with Gasteiger partial charge < -0.3 is 0 Å². The standard InChI is InChI=1S/C19H14N2/c1-2-19(13-21)17-6-4-3-5-16(17)18(19)11-14-7-9-15(12-20)10-8-14/h3-11H,2H2,1H3/b18-11+. The van der Waals surface area contributed by atoms with E-state index in [4.69, 9.17) is 5.26 Å². The molecule has 0 fully saturated rings. The molecule has 2 nitrogen and oxygen atoms in total. The lowest BCUT2D eigenvalue weighted by molar-refractivity contribution is 0.639. The number of hydrogen-bond acceptors (Lipinski definition) is 2. The minimum Gasteiger partial charge on any atom is -0.197 e. The molecule has 0 radical (unpaired) electrons. The van der Waals surface area contributed by atoms with E-state index in [1.165, 1.54) is 0 Å². The molecule has 2 heteroatoms. The molecule has 0 aromatic heterocycles. The van der Waals surface area contributed by atoms with Crippen LogP contribution in [0.2, 0.25) is 0 Å². The number of benzene rings is 2. The van der Waals surface area contributed by atoms with Crippen molar-refractivity contribution in [2.75, 3.05) is 0 Å². The maximum atomic E-state index is 9.68. The second-order valence-electron chi connectivity index (χ2n) is 5.21. The Morgan fingerprint density at radius 2 is 1.76 bits per heavy atom. The molecule has 0 saturated heterocycles. The molecule has 0 bridgehead atoms.